The third-order valence-electron chi connectivity index (χ3n) is 5.61. The molecule has 0 radical (unpaired) electrons. The Bertz CT molecular complexity index is 1290. The zero-order valence-corrected chi connectivity index (χ0v) is 18.2. The Kier molecular flexibility index (Phi) is 5.81. The van der Waals surface area contributed by atoms with Crippen molar-refractivity contribution in [1.82, 2.24) is 15.2 Å². The van der Waals surface area contributed by atoms with Crippen LogP contribution in [0.5, 0.6) is 0 Å². The van der Waals surface area contributed by atoms with Crippen molar-refractivity contribution in [2.45, 2.75) is 25.9 Å². The summed E-state index contributed by atoms with van der Waals surface area (Å²) in [6.45, 7) is 4.61. The van der Waals surface area contributed by atoms with Gasteiger partial charge in [-0.05, 0) is 49.1 Å². The third-order valence-corrected chi connectivity index (χ3v) is 5.61. The Balaban J connectivity index is 2.11. The van der Waals surface area contributed by atoms with Gasteiger partial charge in [-0.15, -0.1) is 0 Å². The number of H-pyrrole nitrogens is 1. The monoisotopic (exact) mass is 440 g/mol. The minimum Gasteiger partial charge on any atom is -0.378 e. The summed E-state index contributed by atoms with van der Waals surface area (Å²) in [5.41, 5.74) is 7.85. The van der Waals surface area contributed by atoms with Gasteiger partial charge in [-0.2, -0.15) is 5.10 Å². The van der Waals surface area contributed by atoms with Crippen LogP contribution in [0, 0.1) is 11.6 Å². The number of nitrogens with one attached hydrogen (secondary N) is 1. The number of benzene rings is 2. The first-order valence-corrected chi connectivity index (χ1v) is 10.3. The number of aromatic nitrogens is 3. The molecule has 32 heavy (non-hydrogen) atoms. The fourth-order valence-corrected chi connectivity index (χ4v) is 3.82. The van der Waals surface area contributed by atoms with E-state index >= 15 is 0 Å². The number of halogens is 2. The van der Waals surface area contributed by atoms with Crippen LogP contribution in [0.15, 0.2) is 36.5 Å². The second kappa shape index (κ2) is 8.42. The van der Waals surface area contributed by atoms with Crippen molar-refractivity contribution in [3.05, 3.63) is 53.9 Å². The second-order valence-electron chi connectivity index (χ2n) is 8.36. The summed E-state index contributed by atoms with van der Waals surface area (Å²) >= 11 is 0. The van der Waals surface area contributed by atoms with Crippen LogP contribution in [0.4, 0.5) is 14.6 Å². The van der Waals surface area contributed by atoms with Crippen molar-refractivity contribution >= 4 is 27.5 Å². The molecule has 2 aromatic carbocycles. The maximum absolute atomic E-state index is 14.2. The van der Waals surface area contributed by atoms with Gasteiger partial charge in [0.2, 0.25) is 0 Å². The Hall–Kier alpha value is -3.14. The van der Waals surface area contributed by atoms with Crippen molar-refractivity contribution in [2.75, 3.05) is 25.2 Å². The Labute approximate surface area is 184 Å². The molecule has 0 aliphatic carbocycles. The minimum absolute atomic E-state index is 0.343. The smallest absolute Gasteiger partial charge is 0.159 e. The first-order valence-electron chi connectivity index (χ1n) is 10.3. The van der Waals surface area contributed by atoms with E-state index in [9.17, 15) is 8.78 Å². The van der Waals surface area contributed by atoms with E-state index in [1.807, 2.05) is 26.0 Å². The highest BCUT2D eigenvalue weighted by Crippen LogP contribution is 2.39. The average Bonchev–Trinajstić information content (AvgIpc) is 3.21. The number of pyridine rings is 1. The summed E-state index contributed by atoms with van der Waals surface area (Å²) in [6.07, 6.45) is 2.13. The zero-order valence-electron chi connectivity index (χ0n) is 18.2. The van der Waals surface area contributed by atoms with Gasteiger partial charge in [0.15, 0.2) is 17.5 Å². The highest BCUT2D eigenvalue weighted by molar-refractivity contribution is 6.08. The van der Waals surface area contributed by atoms with Gasteiger partial charge >= 0.3 is 0 Å². The Morgan fingerprint density at radius 1 is 1.12 bits per heavy atom. The molecule has 0 amide bonds. The van der Waals surface area contributed by atoms with Crippen LogP contribution in [0.3, 0.4) is 0 Å². The fraction of sp³-hybridized carbons (Fsp3) is 0.304. The Morgan fingerprint density at radius 2 is 1.91 bits per heavy atom. The molecule has 0 saturated carbocycles. The molecule has 0 aliphatic rings. The molecule has 4 rings (SSSR count). The molecule has 2 heterocycles. The molecule has 0 bridgehead atoms. The van der Waals surface area contributed by atoms with E-state index in [4.69, 9.17) is 21.3 Å². The average molecular weight is 440 g/mol. The van der Waals surface area contributed by atoms with Gasteiger partial charge in [0.1, 0.15) is 0 Å². The lowest BCUT2D eigenvalue weighted by Crippen LogP contribution is -2.37. The first-order chi connectivity index (χ1) is 15.2. The van der Waals surface area contributed by atoms with Crippen LogP contribution in [-0.4, -0.2) is 41.0 Å². The maximum Gasteiger partial charge on any atom is 0.159 e. The number of aromatic amines is 1. The topological polar surface area (TPSA) is 106 Å². The number of hydrogen-bond donors (Lipinski definition) is 3. The highest BCUT2D eigenvalue weighted by atomic mass is 19.2. The molecule has 2 aromatic heterocycles. The van der Waals surface area contributed by atoms with E-state index in [2.05, 4.69) is 10.2 Å². The number of hydrazine groups is 1. The number of hydrogen-bond acceptors (Lipinski definition) is 6. The molecule has 0 aliphatic heterocycles. The molecule has 7 nitrogen and oxygen atoms in total. The van der Waals surface area contributed by atoms with Crippen LogP contribution in [0.25, 0.3) is 32.8 Å². The second-order valence-corrected chi connectivity index (χ2v) is 8.36. The molecule has 9 heteroatoms. The molecular weight excluding hydrogens is 414 g/mol. The number of rotatable bonds is 7. The number of fused-ring (bicyclic) bond motifs is 2. The van der Waals surface area contributed by atoms with Gasteiger partial charge in [0.25, 0.3) is 0 Å². The van der Waals surface area contributed by atoms with Gasteiger partial charge < -0.3 is 10.5 Å². The van der Waals surface area contributed by atoms with Gasteiger partial charge in [0, 0.05) is 43.0 Å². The summed E-state index contributed by atoms with van der Waals surface area (Å²) in [5, 5.41) is 11.0. The fourth-order valence-electron chi connectivity index (χ4n) is 3.82. The highest BCUT2D eigenvalue weighted by Gasteiger charge is 2.25. The predicted octanol–water partition coefficient (Wildman–Crippen LogP) is 3.66. The zero-order chi connectivity index (χ0) is 23.0. The van der Waals surface area contributed by atoms with E-state index in [1.165, 1.54) is 11.1 Å². The van der Waals surface area contributed by atoms with Gasteiger partial charge in [-0.25, -0.2) is 19.6 Å². The van der Waals surface area contributed by atoms with E-state index < -0.39 is 17.2 Å². The van der Waals surface area contributed by atoms with E-state index in [0.29, 0.717) is 42.1 Å². The van der Waals surface area contributed by atoms with Crippen LogP contribution < -0.4 is 16.6 Å². The number of nitrogens with two attached hydrogens (primary N) is 2. The van der Waals surface area contributed by atoms with Crippen molar-refractivity contribution in [3.63, 3.8) is 0 Å². The standard InChI is InChI=1S/C23H26F2N6O/c1-23(2,32-3)11-20-21(13-4-5-17(24)18(25)9-13)15-8-14-12-28-30-19(14)10-16(15)22(29-20)31(27)7-6-26/h4-5,8-10,12H,6-7,11,26-27H2,1-3H3,(H,28,30). The quantitative estimate of drug-likeness (QED) is 0.299. The number of methoxy groups -OCH3 is 1. The summed E-state index contributed by atoms with van der Waals surface area (Å²) in [4.78, 5) is 4.89. The normalized spacial score (nSPS) is 12.1. The minimum atomic E-state index is -0.926. The first kappa shape index (κ1) is 22.1. The summed E-state index contributed by atoms with van der Waals surface area (Å²) in [7, 11) is 1.62. The largest absolute Gasteiger partial charge is 0.378 e. The lowest BCUT2D eigenvalue weighted by atomic mass is 9.91. The molecule has 0 atom stereocenters. The predicted molar refractivity (Wildman–Crippen MR) is 122 cm³/mol. The van der Waals surface area contributed by atoms with Crippen molar-refractivity contribution in [3.8, 4) is 11.1 Å². The van der Waals surface area contributed by atoms with E-state index in [1.54, 1.807) is 19.4 Å². The van der Waals surface area contributed by atoms with E-state index in [0.717, 1.165) is 27.7 Å². The molecule has 0 spiro atoms. The number of nitrogens with zero attached hydrogens (tertiary/aromatic N) is 3. The van der Waals surface area contributed by atoms with Crippen molar-refractivity contribution in [1.29, 1.82) is 0 Å². The maximum atomic E-state index is 14.2. The number of ether oxygens (including phenoxy) is 1. The lowest BCUT2D eigenvalue weighted by molar-refractivity contribution is 0.0226. The molecule has 5 N–H and O–H groups in total. The molecular formula is C23H26F2N6O. The molecule has 0 saturated heterocycles. The third kappa shape index (κ3) is 4.02. The molecule has 0 fully saturated rings. The van der Waals surface area contributed by atoms with Crippen LogP contribution in [-0.2, 0) is 11.2 Å². The van der Waals surface area contributed by atoms with Crippen LogP contribution in [0.2, 0.25) is 0 Å². The summed E-state index contributed by atoms with van der Waals surface area (Å²) in [5.74, 6) is 5.02. The van der Waals surface area contributed by atoms with Crippen molar-refractivity contribution < 1.29 is 13.5 Å². The van der Waals surface area contributed by atoms with Gasteiger partial charge in [-0.1, -0.05) is 6.07 Å². The van der Waals surface area contributed by atoms with Crippen molar-refractivity contribution in [2.24, 2.45) is 11.6 Å². The molecule has 0 unspecified atom stereocenters. The van der Waals surface area contributed by atoms with Gasteiger partial charge in [-0.3, -0.25) is 10.1 Å². The molecule has 4 aromatic rings. The summed E-state index contributed by atoms with van der Waals surface area (Å²) < 4.78 is 33.6. The van der Waals surface area contributed by atoms with Crippen LogP contribution in [0.1, 0.15) is 19.5 Å². The molecule has 168 valence electrons. The number of anilines is 1. The van der Waals surface area contributed by atoms with Crippen LogP contribution >= 0.6 is 0 Å². The summed E-state index contributed by atoms with van der Waals surface area (Å²) in [6, 6.07) is 7.72. The van der Waals surface area contributed by atoms with E-state index in [-0.39, 0.29) is 0 Å². The lowest BCUT2D eigenvalue weighted by Gasteiger charge is -2.27. The SMILES string of the molecule is COC(C)(C)Cc1nc(N(N)CCN)c2cc3[nH]ncc3cc2c1-c1ccc(F)c(F)c1. The van der Waals surface area contributed by atoms with Gasteiger partial charge in [0.05, 0.1) is 23.0 Å². The Morgan fingerprint density at radius 3 is 2.59 bits per heavy atom.